The second-order valence-electron chi connectivity index (χ2n) is 7.84. The summed E-state index contributed by atoms with van der Waals surface area (Å²) < 4.78 is 0. The highest BCUT2D eigenvalue weighted by atomic mass is 127. The maximum atomic E-state index is 5.83. The predicted octanol–water partition coefficient (Wildman–Crippen LogP) is 3.90. The van der Waals surface area contributed by atoms with E-state index in [1.807, 2.05) is 25.4 Å². The van der Waals surface area contributed by atoms with E-state index in [1.54, 1.807) is 0 Å². The van der Waals surface area contributed by atoms with Crippen LogP contribution in [0.3, 0.4) is 0 Å². The summed E-state index contributed by atoms with van der Waals surface area (Å²) >= 11 is 5.83. The monoisotopic (exact) mass is 527 g/mol. The third-order valence-electron chi connectivity index (χ3n) is 5.39. The van der Waals surface area contributed by atoms with Gasteiger partial charge in [-0.25, -0.2) is 4.98 Å². The van der Waals surface area contributed by atoms with E-state index in [2.05, 4.69) is 63.6 Å². The second-order valence-corrected chi connectivity index (χ2v) is 8.23. The SMILES string of the molecule is CN=C(NCCc1ccc(Cl)nc1)NCC(C)(C)N1CCc2ccccc2C1.I. The number of nitrogens with zero attached hydrogens (tertiary/aromatic N) is 3. The van der Waals surface area contributed by atoms with Gasteiger partial charge < -0.3 is 10.6 Å². The average molecular weight is 528 g/mol. The lowest BCUT2D eigenvalue weighted by molar-refractivity contribution is 0.107. The van der Waals surface area contributed by atoms with E-state index in [9.17, 15) is 0 Å². The zero-order valence-corrected chi connectivity index (χ0v) is 20.5. The van der Waals surface area contributed by atoms with E-state index in [1.165, 1.54) is 11.1 Å². The molecule has 0 bridgehead atoms. The lowest BCUT2D eigenvalue weighted by Crippen LogP contribution is -2.54. The van der Waals surface area contributed by atoms with Gasteiger partial charge in [0.05, 0.1) is 0 Å². The molecule has 7 heteroatoms. The number of guanidine groups is 1. The highest BCUT2D eigenvalue weighted by Gasteiger charge is 2.29. The first-order valence-corrected chi connectivity index (χ1v) is 10.2. The van der Waals surface area contributed by atoms with Crippen LogP contribution in [0.4, 0.5) is 0 Å². The minimum Gasteiger partial charge on any atom is -0.356 e. The van der Waals surface area contributed by atoms with Gasteiger partial charge in [-0.1, -0.05) is 41.9 Å². The molecule has 1 aromatic heterocycles. The van der Waals surface area contributed by atoms with Crippen LogP contribution in [-0.2, 0) is 19.4 Å². The van der Waals surface area contributed by atoms with Gasteiger partial charge in [-0.2, -0.15) is 0 Å². The summed E-state index contributed by atoms with van der Waals surface area (Å²) in [6.07, 6.45) is 3.80. The van der Waals surface area contributed by atoms with Crippen molar-refractivity contribution in [2.75, 3.05) is 26.7 Å². The van der Waals surface area contributed by atoms with Crippen molar-refractivity contribution in [3.8, 4) is 0 Å². The molecule has 0 amide bonds. The Balaban J connectivity index is 0.00000300. The fourth-order valence-electron chi connectivity index (χ4n) is 3.52. The largest absolute Gasteiger partial charge is 0.356 e. The maximum Gasteiger partial charge on any atom is 0.191 e. The van der Waals surface area contributed by atoms with E-state index >= 15 is 0 Å². The number of benzene rings is 1. The molecule has 0 fully saturated rings. The molecule has 2 N–H and O–H groups in total. The number of rotatable bonds is 6. The first-order chi connectivity index (χ1) is 13.5. The van der Waals surface area contributed by atoms with Gasteiger partial charge in [0.1, 0.15) is 5.15 Å². The molecule has 2 aromatic rings. The van der Waals surface area contributed by atoms with Crippen molar-refractivity contribution in [3.63, 3.8) is 0 Å². The Morgan fingerprint density at radius 1 is 1.17 bits per heavy atom. The smallest absolute Gasteiger partial charge is 0.191 e. The van der Waals surface area contributed by atoms with Crippen LogP contribution in [0.5, 0.6) is 0 Å². The molecule has 158 valence electrons. The predicted molar refractivity (Wildman–Crippen MR) is 132 cm³/mol. The summed E-state index contributed by atoms with van der Waals surface area (Å²) in [7, 11) is 1.81. The summed E-state index contributed by atoms with van der Waals surface area (Å²) in [4.78, 5) is 11.0. The van der Waals surface area contributed by atoms with Crippen LogP contribution in [0.15, 0.2) is 47.6 Å². The van der Waals surface area contributed by atoms with Gasteiger partial charge in [0.2, 0.25) is 0 Å². The summed E-state index contributed by atoms with van der Waals surface area (Å²) in [6.45, 7) is 8.29. The second kappa shape index (κ2) is 11.1. The Bertz CT molecular complexity index is 807. The van der Waals surface area contributed by atoms with Crippen molar-refractivity contribution < 1.29 is 0 Å². The molecule has 0 radical (unpaired) electrons. The summed E-state index contributed by atoms with van der Waals surface area (Å²) in [5.74, 6) is 0.826. The van der Waals surface area contributed by atoms with Gasteiger partial charge in [0.25, 0.3) is 0 Å². The van der Waals surface area contributed by atoms with Crippen LogP contribution in [-0.4, -0.2) is 48.1 Å². The van der Waals surface area contributed by atoms with Crippen molar-refractivity contribution in [1.29, 1.82) is 0 Å². The number of hydrogen-bond donors (Lipinski definition) is 2. The van der Waals surface area contributed by atoms with Crippen LogP contribution < -0.4 is 10.6 Å². The molecular weight excluding hydrogens is 497 g/mol. The Hall–Kier alpha value is -1.38. The molecule has 29 heavy (non-hydrogen) atoms. The van der Waals surface area contributed by atoms with Crippen LogP contribution in [0.2, 0.25) is 5.15 Å². The third kappa shape index (κ3) is 6.83. The molecular formula is C22H31ClIN5. The third-order valence-corrected chi connectivity index (χ3v) is 5.62. The molecule has 0 spiro atoms. The molecule has 0 saturated heterocycles. The number of halogens is 2. The first kappa shape index (κ1) is 23.9. The van der Waals surface area contributed by atoms with Crippen LogP contribution in [0.1, 0.15) is 30.5 Å². The number of nitrogens with one attached hydrogen (secondary N) is 2. The van der Waals surface area contributed by atoms with Gasteiger partial charge in [-0.05, 0) is 49.4 Å². The molecule has 0 atom stereocenters. The van der Waals surface area contributed by atoms with Crippen LogP contribution >= 0.6 is 35.6 Å². The number of aromatic nitrogens is 1. The normalized spacial score (nSPS) is 14.7. The molecule has 1 aliphatic rings. The minimum atomic E-state index is 0. The molecule has 2 heterocycles. The fraction of sp³-hybridized carbons (Fsp3) is 0.455. The number of fused-ring (bicyclic) bond motifs is 1. The average Bonchev–Trinajstić information content (AvgIpc) is 2.71. The van der Waals surface area contributed by atoms with Crippen molar-refractivity contribution >= 4 is 41.5 Å². The molecule has 1 aromatic carbocycles. The Kier molecular flexibility index (Phi) is 9.17. The van der Waals surface area contributed by atoms with Gasteiger partial charge in [-0.15, -0.1) is 24.0 Å². The van der Waals surface area contributed by atoms with Crippen LogP contribution in [0, 0.1) is 0 Å². The molecule has 5 nitrogen and oxygen atoms in total. The van der Waals surface area contributed by atoms with E-state index in [0.717, 1.165) is 50.5 Å². The quantitative estimate of drug-likeness (QED) is 0.259. The Morgan fingerprint density at radius 2 is 1.93 bits per heavy atom. The minimum absolute atomic E-state index is 0. The summed E-state index contributed by atoms with van der Waals surface area (Å²) in [5.41, 5.74) is 4.11. The zero-order chi connectivity index (χ0) is 20.0. The highest BCUT2D eigenvalue weighted by Crippen LogP contribution is 2.24. The molecule has 0 saturated carbocycles. The van der Waals surface area contributed by atoms with Gasteiger partial charge >= 0.3 is 0 Å². The zero-order valence-electron chi connectivity index (χ0n) is 17.4. The van der Waals surface area contributed by atoms with Crippen LogP contribution in [0.25, 0.3) is 0 Å². The van der Waals surface area contributed by atoms with E-state index in [-0.39, 0.29) is 29.5 Å². The topological polar surface area (TPSA) is 52.6 Å². The van der Waals surface area contributed by atoms with Crippen molar-refractivity contribution in [3.05, 3.63) is 64.4 Å². The molecule has 1 aliphatic heterocycles. The van der Waals surface area contributed by atoms with E-state index < -0.39 is 0 Å². The van der Waals surface area contributed by atoms with Gasteiger partial charge in [0.15, 0.2) is 5.96 Å². The molecule has 3 rings (SSSR count). The van der Waals surface area contributed by atoms with E-state index in [0.29, 0.717) is 5.15 Å². The molecule has 0 aliphatic carbocycles. The Labute approximate surface area is 196 Å². The lowest BCUT2D eigenvalue weighted by Gasteiger charge is -2.42. The van der Waals surface area contributed by atoms with Gasteiger partial charge in [-0.3, -0.25) is 9.89 Å². The fourth-order valence-corrected chi connectivity index (χ4v) is 3.64. The van der Waals surface area contributed by atoms with Crippen molar-refractivity contribution in [2.45, 2.75) is 38.8 Å². The van der Waals surface area contributed by atoms with E-state index in [4.69, 9.17) is 11.6 Å². The van der Waals surface area contributed by atoms with Gasteiger partial charge in [0, 0.05) is 45.0 Å². The highest BCUT2D eigenvalue weighted by molar-refractivity contribution is 14.0. The Morgan fingerprint density at radius 3 is 2.62 bits per heavy atom. The standard InChI is InChI=1S/C22H30ClN5.HI/c1-22(2,28-13-11-18-6-4-5-7-19(18)15-28)16-27-21(24-3)25-12-10-17-8-9-20(23)26-14-17;/h4-9,14H,10-13,15-16H2,1-3H3,(H2,24,25,27);1H. The number of hydrogen-bond acceptors (Lipinski definition) is 3. The summed E-state index contributed by atoms with van der Waals surface area (Å²) in [6, 6.07) is 12.6. The summed E-state index contributed by atoms with van der Waals surface area (Å²) in [5, 5.41) is 7.39. The number of pyridine rings is 1. The van der Waals surface area contributed by atoms with Crippen molar-refractivity contribution in [1.82, 2.24) is 20.5 Å². The maximum absolute atomic E-state index is 5.83. The number of aliphatic imine (C=N–C) groups is 1. The first-order valence-electron chi connectivity index (χ1n) is 9.85. The van der Waals surface area contributed by atoms with Crippen molar-refractivity contribution in [2.24, 2.45) is 4.99 Å². The molecule has 0 unspecified atom stereocenters. The lowest BCUT2D eigenvalue weighted by atomic mass is 9.94.